The number of aliphatic hydroxyl groups excluding tert-OH is 3. The van der Waals surface area contributed by atoms with Crippen LogP contribution in [0, 0.1) is 0 Å². The van der Waals surface area contributed by atoms with E-state index in [1.54, 1.807) is 11.8 Å². The van der Waals surface area contributed by atoms with Gasteiger partial charge in [0.1, 0.15) is 24.4 Å². The second-order valence-electron chi connectivity index (χ2n) is 10.4. The van der Waals surface area contributed by atoms with Gasteiger partial charge in [-0.25, -0.2) is 9.67 Å². The van der Waals surface area contributed by atoms with Crippen LogP contribution in [0.2, 0.25) is 0 Å². The van der Waals surface area contributed by atoms with E-state index >= 15 is 0 Å². The maximum Gasteiger partial charge on any atom is 0.271 e. The number of para-hydroxylation sites is 2. The van der Waals surface area contributed by atoms with Crippen molar-refractivity contribution >= 4 is 39.5 Å². The number of carbonyl (C=O) groups is 1. The molecule has 0 aliphatic carbocycles. The number of nitrogens with two attached hydrogens (primary N) is 1. The molecule has 5 aromatic rings. The molecule has 3 heterocycles. The average Bonchev–Trinajstić information content (AvgIpc) is 3.58. The van der Waals surface area contributed by atoms with Gasteiger partial charge in [0, 0.05) is 5.75 Å². The minimum Gasteiger partial charge on any atom is -0.388 e. The molecule has 1 saturated heterocycles. The van der Waals surface area contributed by atoms with Gasteiger partial charge in [-0.15, -0.1) is 5.10 Å². The molecule has 0 radical (unpaired) electrons. The van der Waals surface area contributed by atoms with Gasteiger partial charge in [-0.05, 0) is 34.9 Å². The molecule has 2 aromatic heterocycles. The van der Waals surface area contributed by atoms with Crippen molar-refractivity contribution in [3.63, 3.8) is 0 Å². The van der Waals surface area contributed by atoms with E-state index in [2.05, 4.69) is 34.6 Å². The largest absolute Gasteiger partial charge is 0.388 e. The van der Waals surface area contributed by atoms with Crippen LogP contribution in [0.4, 0.5) is 0 Å². The highest BCUT2D eigenvalue weighted by atomic mass is 32.2. The third kappa shape index (κ3) is 5.16. The monoisotopic (exact) mass is 588 g/mol. The van der Waals surface area contributed by atoms with Gasteiger partial charge in [0.15, 0.2) is 17.1 Å². The van der Waals surface area contributed by atoms with Gasteiger partial charge in [0.25, 0.3) is 5.91 Å². The topological polar surface area (TPSA) is 162 Å². The summed E-state index contributed by atoms with van der Waals surface area (Å²) in [4.78, 5) is 16.8. The fourth-order valence-corrected chi connectivity index (χ4v) is 6.57. The maximum absolute atomic E-state index is 12.0. The van der Waals surface area contributed by atoms with Crippen LogP contribution >= 0.6 is 11.8 Å². The molecule has 0 unspecified atom stereocenters. The number of rotatable bonds is 9. The van der Waals surface area contributed by atoms with E-state index in [9.17, 15) is 20.1 Å². The predicted molar refractivity (Wildman–Crippen MR) is 158 cm³/mol. The van der Waals surface area contributed by atoms with Crippen molar-refractivity contribution in [2.45, 2.75) is 67.9 Å². The van der Waals surface area contributed by atoms with Crippen molar-refractivity contribution in [2.75, 3.05) is 0 Å². The van der Waals surface area contributed by atoms with Crippen LogP contribution in [-0.4, -0.2) is 70.2 Å². The summed E-state index contributed by atoms with van der Waals surface area (Å²) < 4.78 is 9.49. The Labute approximate surface area is 245 Å². The van der Waals surface area contributed by atoms with E-state index in [-0.39, 0.29) is 12.2 Å². The first-order chi connectivity index (χ1) is 20.4. The first-order valence-corrected chi connectivity index (χ1v) is 14.8. The van der Waals surface area contributed by atoms with Gasteiger partial charge >= 0.3 is 0 Å². The third-order valence-electron chi connectivity index (χ3n) is 7.66. The molecule has 42 heavy (non-hydrogen) atoms. The summed E-state index contributed by atoms with van der Waals surface area (Å²) in [5.74, 6) is -0.0809. The first-order valence-electron chi connectivity index (χ1n) is 13.9. The molecule has 5 atom stereocenters. The molecule has 5 N–H and O–H groups in total. The molecule has 1 aliphatic heterocycles. The zero-order chi connectivity index (χ0) is 29.4. The molecule has 12 heteroatoms. The quantitative estimate of drug-likeness (QED) is 0.190. The Morgan fingerprint density at radius 2 is 1.76 bits per heavy atom. The zero-order valence-electron chi connectivity index (χ0n) is 22.9. The van der Waals surface area contributed by atoms with Crippen LogP contribution in [0.15, 0.2) is 71.9 Å². The lowest BCUT2D eigenvalue weighted by molar-refractivity contribution is -0.251. The van der Waals surface area contributed by atoms with Gasteiger partial charge in [0.05, 0.1) is 23.3 Å². The minimum absolute atomic E-state index is 0.0162. The van der Waals surface area contributed by atoms with Crippen molar-refractivity contribution < 1.29 is 24.9 Å². The van der Waals surface area contributed by atoms with E-state index in [1.165, 1.54) is 15.6 Å². The van der Waals surface area contributed by atoms with Crippen molar-refractivity contribution in [2.24, 2.45) is 5.73 Å². The molecule has 0 bridgehead atoms. The first kappa shape index (κ1) is 28.3. The lowest BCUT2D eigenvalue weighted by Gasteiger charge is -2.41. The van der Waals surface area contributed by atoms with E-state index in [0.717, 1.165) is 21.6 Å². The number of primary amides is 1. The van der Waals surface area contributed by atoms with Crippen LogP contribution in [0.1, 0.15) is 41.3 Å². The highest BCUT2D eigenvalue weighted by Gasteiger charge is 2.46. The van der Waals surface area contributed by atoms with Crippen LogP contribution in [0.25, 0.3) is 21.8 Å². The molecule has 1 aliphatic rings. The summed E-state index contributed by atoms with van der Waals surface area (Å²) in [6.45, 7) is 2.06. The summed E-state index contributed by atoms with van der Waals surface area (Å²) in [7, 11) is 0. The Balaban J connectivity index is 1.32. The average molecular weight is 589 g/mol. The van der Waals surface area contributed by atoms with Crippen LogP contribution in [0.5, 0.6) is 0 Å². The van der Waals surface area contributed by atoms with Gasteiger partial charge in [-0.2, -0.15) is 0 Å². The summed E-state index contributed by atoms with van der Waals surface area (Å²) in [5, 5.41) is 43.8. The standard InChI is InChI=1S/C30H32N6O5S/c1-2-8-22-24(28(31)40)33-34-36(22)29-27(39)26(38)25(37)23(41-29)15-35-21-14-6-5-13-20(21)32-30(35)42-16-18-11-7-10-17-9-3-4-12-19(17)18/h3-7,9-14,23,25-27,29,37-39H,2,8,15-16H2,1H3,(H2,31,40)/t23-,25-,26+,27-,29-/m1/s1. The number of aromatic nitrogens is 5. The van der Waals surface area contributed by atoms with Crippen molar-refractivity contribution in [1.82, 2.24) is 24.5 Å². The van der Waals surface area contributed by atoms with Crippen molar-refractivity contribution in [1.29, 1.82) is 0 Å². The van der Waals surface area contributed by atoms with Gasteiger partial charge in [-0.3, -0.25) is 4.79 Å². The number of amides is 1. The third-order valence-corrected chi connectivity index (χ3v) is 8.68. The molecule has 1 amide bonds. The van der Waals surface area contributed by atoms with Crippen LogP contribution in [-0.2, 0) is 23.5 Å². The smallest absolute Gasteiger partial charge is 0.271 e. The molecule has 6 rings (SSSR count). The zero-order valence-corrected chi connectivity index (χ0v) is 23.8. The van der Waals surface area contributed by atoms with Crippen LogP contribution < -0.4 is 5.73 Å². The number of aliphatic hydroxyl groups is 3. The summed E-state index contributed by atoms with van der Waals surface area (Å²) in [6.07, 6.45) is -5.54. The fourth-order valence-electron chi connectivity index (χ4n) is 5.54. The number of hydrogen-bond acceptors (Lipinski definition) is 9. The van der Waals surface area contributed by atoms with Crippen LogP contribution in [0.3, 0.4) is 0 Å². The van der Waals surface area contributed by atoms with Gasteiger partial charge in [0.2, 0.25) is 0 Å². The van der Waals surface area contributed by atoms with E-state index in [4.69, 9.17) is 15.5 Å². The van der Waals surface area contributed by atoms with E-state index < -0.39 is 36.6 Å². The minimum atomic E-state index is -1.54. The van der Waals surface area contributed by atoms with Crippen molar-refractivity contribution in [3.8, 4) is 0 Å². The SMILES string of the molecule is CCCc1c(C(N)=O)nnn1[C@@H]1O[C@H](Cn2c(SCc3cccc4ccccc34)nc3ccccc32)[C@@H](O)[C@H](O)[C@H]1O. The van der Waals surface area contributed by atoms with Gasteiger partial charge < -0.3 is 30.4 Å². The molecular formula is C30H32N6O5S. The molecular weight excluding hydrogens is 556 g/mol. The Bertz CT molecular complexity index is 1730. The summed E-state index contributed by atoms with van der Waals surface area (Å²) >= 11 is 1.57. The predicted octanol–water partition coefficient (Wildman–Crippen LogP) is 2.81. The number of nitrogens with zero attached hydrogens (tertiary/aromatic N) is 5. The lowest BCUT2D eigenvalue weighted by Crippen LogP contribution is -2.56. The van der Waals surface area contributed by atoms with E-state index in [1.807, 2.05) is 54.0 Å². The Morgan fingerprint density at radius 3 is 2.57 bits per heavy atom. The number of ether oxygens (including phenoxy) is 1. The summed E-state index contributed by atoms with van der Waals surface area (Å²) in [5.41, 5.74) is 8.68. The lowest BCUT2D eigenvalue weighted by atomic mass is 9.97. The molecule has 0 spiro atoms. The number of fused-ring (bicyclic) bond motifs is 2. The van der Waals surface area contributed by atoms with Crippen molar-refractivity contribution in [3.05, 3.63) is 83.7 Å². The molecule has 218 valence electrons. The highest BCUT2D eigenvalue weighted by molar-refractivity contribution is 7.98. The number of thioether (sulfide) groups is 1. The van der Waals surface area contributed by atoms with E-state index in [0.29, 0.717) is 24.3 Å². The fraction of sp³-hybridized carbons (Fsp3) is 0.333. The van der Waals surface area contributed by atoms with Gasteiger partial charge in [-0.1, -0.05) is 84.9 Å². The highest BCUT2D eigenvalue weighted by Crippen LogP contribution is 2.34. The molecule has 0 saturated carbocycles. The number of imidazole rings is 1. The second-order valence-corrected chi connectivity index (χ2v) is 11.3. The Hall–Kier alpha value is -3.81. The molecule has 11 nitrogen and oxygen atoms in total. The Morgan fingerprint density at radius 1 is 1.00 bits per heavy atom. The number of benzene rings is 3. The maximum atomic E-state index is 12.0. The molecule has 3 aromatic carbocycles. The Kier molecular flexibility index (Phi) is 7.97. The second kappa shape index (κ2) is 11.8. The number of carbonyl (C=O) groups excluding carboxylic acids is 1. The normalized spacial score (nSPS) is 22.6. The number of hydrogen-bond donors (Lipinski definition) is 4. The molecule has 1 fully saturated rings. The summed E-state index contributed by atoms with van der Waals surface area (Å²) in [6, 6.07) is 22.2.